The molecule has 0 aromatic heterocycles. The zero-order valence-electron chi connectivity index (χ0n) is 11.3. The summed E-state index contributed by atoms with van der Waals surface area (Å²) in [7, 11) is 0. The number of likely N-dealkylation sites (tertiary alicyclic amines) is 1. The predicted octanol–water partition coefficient (Wildman–Crippen LogP) is 2.89. The molecule has 102 valence electrons. The van der Waals surface area contributed by atoms with E-state index in [4.69, 9.17) is 12.2 Å². The first-order valence-corrected chi connectivity index (χ1v) is 7.24. The van der Waals surface area contributed by atoms with Gasteiger partial charge in [-0.05, 0) is 44.1 Å². The molecule has 4 heteroatoms. The van der Waals surface area contributed by atoms with Crippen molar-refractivity contribution < 1.29 is 4.79 Å². The molecule has 1 heterocycles. The van der Waals surface area contributed by atoms with Crippen LogP contribution in [0.5, 0.6) is 0 Å². The van der Waals surface area contributed by atoms with Gasteiger partial charge in [0, 0.05) is 18.7 Å². The Bertz CT molecular complexity index is 465. The third-order valence-corrected chi connectivity index (χ3v) is 3.75. The molecule has 1 amide bonds. The molecule has 0 radical (unpaired) electrons. The highest BCUT2D eigenvalue weighted by atomic mass is 32.1. The van der Waals surface area contributed by atoms with Gasteiger partial charge in [0.25, 0.3) is 5.91 Å². The Hall–Kier alpha value is -1.42. The normalized spacial score (nSPS) is 15.7. The van der Waals surface area contributed by atoms with Crippen molar-refractivity contribution in [2.75, 3.05) is 13.1 Å². The van der Waals surface area contributed by atoms with Crippen LogP contribution >= 0.6 is 12.2 Å². The summed E-state index contributed by atoms with van der Waals surface area (Å²) < 4.78 is 0. The second-order valence-electron chi connectivity index (χ2n) is 5.03. The maximum absolute atomic E-state index is 12.1. The fourth-order valence-electron chi connectivity index (χ4n) is 2.31. The number of aryl methyl sites for hydroxylation is 1. The quantitative estimate of drug-likeness (QED) is 0.801. The van der Waals surface area contributed by atoms with Crippen LogP contribution in [0.2, 0.25) is 0 Å². The Kier molecular flexibility index (Phi) is 4.91. The van der Waals surface area contributed by atoms with E-state index < -0.39 is 0 Å². The predicted molar refractivity (Wildman–Crippen MR) is 81.3 cm³/mol. The molecule has 1 aliphatic heterocycles. The third kappa shape index (κ3) is 4.03. The van der Waals surface area contributed by atoms with Gasteiger partial charge in [0.2, 0.25) is 0 Å². The van der Waals surface area contributed by atoms with Crippen molar-refractivity contribution in [1.82, 2.24) is 10.2 Å². The van der Waals surface area contributed by atoms with Crippen molar-refractivity contribution in [3.8, 4) is 0 Å². The molecule has 1 aromatic rings. The Labute approximate surface area is 120 Å². The van der Waals surface area contributed by atoms with Crippen LogP contribution in [0.1, 0.15) is 41.6 Å². The first-order chi connectivity index (χ1) is 9.16. The lowest BCUT2D eigenvalue weighted by atomic mass is 10.1. The van der Waals surface area contributed by atoms with E-state index in [2.05, 4.69) is 10.2 Å². The highest BCUT2D eigenvalue weighted by Crippen LogP contribution is 2.10. The van der Waals surface area contributed by atoms with E-state index >= 15 is 0 Å². The smallest absolute Gasteiger partial charge is 0.257 e. The van der Waals surface area contributed by atoms with Gasteiger partial charge in [-0.15, -0.1) is 0 Å². The van der Waals surface area contributed by atoms with Gasteiger partial charge in [0.1, 0.15) is 0 Å². The standard InChI is InChI=1S/C15H20N2OS/c1-12-7-6-8-13(11-12)14(18)16-15(19)17-9-4-2-3-5-10-17/h6-8,11H,2-5,9-10H2,1H3,(H,16,18,19). The number of hydrogen-bond donors (Lipinski definition) is 1. The van der Waals surface area contributed by atoms with Crippen molar-refractivity contribution >= 4 is 23.2 Å². The zero-order chi connectivity index (χ0) is 13.7. The molecule has 1 aromatic carbocycles. The van der Waals surface area contributed by atoms with Crippen LogP contribution in [0.3, 0.4) is 0 Å². The number of benzene rings is 1. The Morgan fingerprint density at radius 2 is 1.89 bits per heavy atom. The molecule has 0 atom stereocenters. The third-order valence-electron chi connectivity index (χ3n) is 3.39. The van der Waals surface area contributed by atoms with Crippen molar-refractivity contribution in [2.24, 2.45) is 0 Å². The van der Waals surface area contributed by atoms with Crippen LogP contribution in [0.25, 0.3) is 0 Å². The number of thiocarbonyl (C=S) groups is 1. The lowest BCUT2D eigenvalue weighted by Crippen LogP contribution is -2.43. The Morgan fingerprint density at radius 1 is 1.21 bits per heavy atom. The summed E-state index contributed by atoms with van der Waals surface area (Å²) in [5, 5.41) is 3.40. The Morgan fingerprint density at radius 3 is 2.53 bits per heavy atom. The molecule has 1 N–H and O–H groups in total. The minimum atomic E-state index is -0.113. The fraction of sp³-hybridized carbons (Fsp3) is 0.467. The lowest BCUT2D eigenvalue weighted by Gasteiger charge is -2.23. The molecular formula is C15H20N2OS. The molecule has 0 saturated carbocycles. The summed E-state index contributed by atoms with van der Waals surface area (Å²) in [5.41, 5.74) is 1.74. The van der Waals surface area contributed by atoms with E-state index in [-0.39, 0.29) is 5.91 Å². The van der Waals surface area contributed by atoms with E-state index in [1.165, 1.54) is 12.8 Å². The number of nitrogens with zero attached hydrogens (tertiary/aromatic N) is 1. The molecule has 0 bridgehead atoms. The second kappa shape index (κ2) is 6.66. The molecule has 3 nitrogen and oxygen atoms in total. The van der Waals surface area contributed by atoms with Gasteiger partial charge in [0.05, 0.1) is 0 Å². The van der Waals surface area contributed by atoms with Crippen molar-refractivity contribution in [1.29, 1.82) is 0 Å². The average Bonchev–Trinajstić information content (AvgIpc) is 2.67. The van der Waals surface area contributed by atoms with Gasteiger partial charge >= 0.3 is 0 Å². The molecular weight excluding hydrogens is 256 g/mol. The van der Waals surface area contributed by atoms with Crippen LogP contribution in [0.15, 0.2) is 24.3 Å². The van der Waals surface area contributed by atoms with Crippen LogP contribution in [0.4, 0.5) is 0 Å². The van der Waals surface area contributed by atoms with Gasteiger partial charge in [-0.1, -0.05) is 30.5 Å². The van der Waals surface area contributed by atoms with Crippen molar-refractivity contribution in [2.45, 2.75) is 32.6 Å². The summed E-state index contributed by atoms with van der Waals surface area (Å²) >= 11 is 5.34. The molecule has 0 spiro atoms. The highest BCUT2D eigenvalue weighted by Gasteiger charge is 2.15. The minimum absolute atomic E-state index is 0.113. The van der Waals surface area contributed by atoms with Crippen molar-refractivity contribution in [3.63, 3.8) is 0 Å². The Balaban J connectivity index is 1.96. The average molecular weight is 276 g/mol. The molecule has 0 unspecified atom stereocenters. The van der Waals surface area contributed by atoms with E-state index in [0.717, 1.165) is 31.5 Å². The molecule has 19 heavy (non-hydrogen) atoms. The van der Waals surface area contributed by atoms with E-state index in [9.17, 15) is 4.79 Å². The van der Waals surface area contributed by atoms with Crippen LogP contribution in [-0.2, 0) is 0 Å². The highest BCUT2D eigenvalue weighted by molar-refractivity contribution is 7.80. The lowest BCUT2D eigenvalue weighted by molar-refractivity contribution is 0.0973. The second-order valence-corrected chi connectivity index (χ2v) is 5.42. The van der Waals surface area contributed by atoms with Gasteiger partial charge in [-0.3, -0.25) is 10.1 Å². The summed E-state index contributed by atoms with van der Waals surface area (Å²) in [4.78, 5) is 14.2. The van der Waals surface area contributed by atoms with Gasteiger partial charge in [-0.2, -0.15) is 0 Å². The molecule has 1 fully saturated rings. The summed E-state index contributed by atoms with van der Waals surface area (Å²) in [5.74, 6) is -0.113. The fourth-order valence-corrected chi connectivity index (χ4v) is 2.58. The number of nitrogens with one attached hydrogen (secondary N) is 1. The summed E-state index contributed by atoms with van der Waals surface area (Å²) in [6, 6.07) is 7.55. The number of carbonyl (C=O) groups excluding carboxylic acids is 1. The van der Waals surface area contributed by atoms with Crippen LogP contribution in [-0.4, -0.2) is 29.0 Å². The number of rotatable bonds is 1. The molecule has 1 saturated heterocycles. The maximum atomic E-state index is 12.1. The maximum Gasteiger partial charge on any atom is 0.257 e. The topological polar surface area (TPSA) is 32.3 Å². The van der Waals surface area contributed by atoms with E-state index in [1.807, 2.05) is 31.2 Å². The van der Waals surface area contributed by atoms with Gasteiger partial charge in [-0.25, -0.2) is 0 Å². The number of hydrogen-bond acceptors (Lipinski definition) is 2. The number of amides is 1. The SMILES string of the molecule is Cc1cccc(C(=O)NC(=S)N2CCCCCC2)c1. The summed E-state index contributed by atoms with van der Waals surface area (Å²) in [6.45, 7) is 3.88. The van der Waals surface area contributed by atoms with E-state index in [0.29, 0.717) is 10.7 Å². The van der Waals surface area contributed by atoms with Crippen molar-refractivity contribution in [3.05, 3.63) is 35.4 Å². The monoisotopic (exact) mass is 276 g/mol. The largest absolute Gasteiger partial charge is 0.349 e. The van der Waals surface area contributed by atoms with E-state index in [1.54, 1.807) is 0 Å². The van der Waals surface area contributed by atoms with Crippen LogP contribution < -0.4 is 5.32 Å². The summed E-state index contributed by atoms with van der Waals surface area (Å²) in [6.07, 6.45) is 4.82. The van der Waals surface area contributed by atoms with Gasteiger partial charge in [0.15, 0.2) is 5.11 Å². The first-order valence-electron chi connectivity index (χ1n) is 6.84. The number of carbonyl (C=O) groups is 1. The first kappa shape index (κ1) is 14.0. The molecule has 2 rings (SSSR count). The molecule has 1 aliphatic rings. The zero-order valence-corrected chi connectivity index (χ0v) is 12.1. The minimum Gasteiger partial charge on any atom is -0.349 e. The van der Waals surface area contributed by atoms with Gasteiger partial charge < -0.3 is 4.90 Å². The molecule has 0 aliphatic carbocycles. The van der Waals surface area contributed by atoms with Crippen LogP contribution in [0, 0.1) is 6.92 Å².